The average molecular weight is 247 g/mol. The van der Waals surface area contributed by atoms with Gasteiger partial charge in [-0.3, -0.25) is 4.79 Å². The Balaban J connectivity index is 2.29. The summed E-state index contributed by atoms with van der Waals surface area (Å²) in [6.45, 7) is 0. The van der Waals surface area contributed by atoms with E-state index in [1.54, 1.807) is 6.08 Å². The summed E-state index contributed by atoms with van der Waals surface area (Å²) in [7, 11) is 0. The minimum atomic E-state index is -0.433. The number of rotatable bonds is 2. The van der Waals surface area contributed by atoms with Crippen molar-refractivity contribution >= 4 is 33.5 Å². The van der Waals surface area contributed by atoms with E-state index in [-0.39, 0.29) is 0 Å². The van der Waals surface area contributed by atoms with E-state index in [9.17, 15) is 4.79 Å². The van der Waals surface area contributed by atoms with Gasteiger partial charge in [-0.05, 0) is 45.3 Å². The Kier molecular flexibility index (Phi) is 2.76. The first-order valence-electron chi connectivity index (χ1n) is 6.13. The first-order chi connectivity index (χ1) is 9.24. The molecule has 0 fully saturated rings. The van der Waals surface area contributed by atoms with E-state index in [1.165, 1.54) is 16.8 Å². The standard InChI is InChI=1S/C17H13NO/c18-17(19)9-8-12-6-3-7-15-10-13-4-1-2-5-14(13)11-16(12)15/h1-11H,(H2,18,19). The van der Waals surface area contributed by atoms with Crippen LogP contribution in [0.1, 0.15) is 5.56 Å². The van der Waals surface area contributed by atoms with E-state index in [0.29, 0.717) is 0 Å². The lowest BCUT2D eigenvalue weighted by Crippen LogP contribution is -2.05. The maximum atomic E-state index is 10.9. The number of hydrogen-bond acceptors (Lipinski definition) is 1. The molecule has 2 N–H and O–H groups in total. The van der Waals surface area contributed by atoms with Gasteiger partial charge in [0.2, 0.25) is 5.91 Å². The van der Waals surface area contributed by atoms with Gasteiger partial charge in [0.15, 0.2) is 0 Å². The molecule has 0 aliphatic carbocycles. The zero-order chi connectivity index (χ0) is 13.2. The number of hydrogen-bond donors (Lipinski definition) is 1. The quantitative estimate of drug-likeness (QED) is 0.546. The van der Waals surface area contributed by atoms with Crippen molar-refractivity contribution < 1.29 is 4.79 Å². The van der Waals surface area contributed by atoms with Gasteiger partial charge in [0.25, 0.3) is 0 Å². The van der Waals surface area contributed by atoms with Crippen molar-refractivity contribution in [2.24, 2.45) is 5.73 Å². The highest BCUT2D eigenvalue weighted by atomic mass is 16.1. The topological polar surface area (TPSA) is 43.1 Å². The summed E-state index contributed by atoms with van der Waals surface area (Å²) in [5, 5.41) is 4.69. The fraction of sp³-hybridized carbons (Fsp3) is 0. The monoisotopic (exact) mass is 247 g/mol. The molecule has 0 saturated heterocycles. The smallest absolute Gasteiger partial charge is 0.241 e. The zero-order valence-electron chi connectivity index (χ0n) is 10.3. The lowest BCUT2D eigenvalue weighted by atomic mass is 9.99. The number of carbonyl (C=O) groups excluding carboxylic acids is 1. The molecule has 0 spiro atoms. The Bertz CT molecular complexity index is 803. The molecule has 0 aliphatic heterocycles. The molecule has 0 unspecified atom stereocenters. The first kappa shape index (κ1) is 11.5. The van der Waals surface area contributed by atoms with Crippen LogP contribution in [-0.2, 0) is 4.79 Å². The molecule has 3 aromatic carbocycles. The van der Waals surface area contributed by atoms with Gasteiger partial charge >= 0.3 is 0 Å². The summed E-state index contributed by atoms with van der Waals surface area (Å²) < 4.78 is 0. The van der Waals surface area contributed by atoms with Crippen LogP contribution in [0.25, 0.3) is 27.6 Å². The van der Waals surface area contributed by atoms with Crippen molar-refractivity contribution in [1.82, 2.24) is 0 Å². The molecule has 3 rings (SSSR count). The largest absolute Gasteiger partial charge is 0.366 e. The van der Waals surface area contributed by atoms with Gasteiger partial charge in [0.1, 0.15) is 0 Å². The minimum Gasteiger partial charge on any atom is -0.366 e. The number of primary amides is 1. The highest BCUT2D eigenvalue weighted by Crippen LogP contribution is 2.26. The van der Waals surface area contributed by atoms with E-state index >= 15 is 0 Å². The van der Waals surface area contributed by atoms with E-state index in [0.717, 1.165) is 16.3 Å². The Morgan fingerprint density at radius 3 is 2.32 bits per heavy atom. The molecule has 0 bridgehead atoms. The minimum absolute atomic E-state index is 0.433. The molecule has 0 heterocycles. The van der Waals surface area contributed by atoms with E-state index in [4.69, 9.17) is 5.73 Å². The van der Waals surface area contributed by atoms with Gasteiger partial charge in [-0.25, -0.2) is 0 Å². The Hall–Kier alpha value is -2.61. The van der Waals surface area contributed by atoms with Crippen molar-refractivity contribution in [3.05, 3.63) is 66.2 Å². The Morgan fingerprint density at radius 2 is 1.58 bits per heavy atom. The number of fused-ring (bicyclic) bond motifs is 2. The highest BCUT2D eigenvalue weighted by molar-refractivity contribution is 6.02. The molecule has 0 aliphatic rings. The fourth-order valence-electron chi connectivity index (χ4n) is 2.31. The molecular weight excluding hydrogens is 234 g/mol. The third kappa shape index (κ3) is 2.20. The summed E-state index contributed by atoms with van der Waals surface area (Å²) in [6, 6.07) is 18.6. The third-order valence-corrected chi connectivity index (χ3v) is 3.21. The number of benzene rings is 3. The molecule has 19 heavy (non-hydrogen) atoms. The van der Waals surface area contributed by atoms with Crippen LogP contribution < -0.4 is 5.73 Å². The van der Waals surface area contributed by atoms with Crippen molar-refractivity contribution in [2.45, 2.75) is 0 Å². The van der Waals surface area contributed by atoms with Gasteiger partial charge < -0.3 is 5.73 Å². The Labute approximate surface area is 111 Å². The molecule has 3 aromatic rings. The Morgan fingerprint density at radius 1 is 0.895 bits per heavy atom. The second kappa shape index (κ2) is 4.58. The number of carbonyl (C=O) groups is 1. The molecule has 0 radical (unpaired) electrons. The van der Waals surface area contributed by atoms with Crippen molar-refractivity contribution in [3.8, 4) is 0 Å². The van der Waals surface area contributed by atoms with Crippen molar-refractivity contribution in [3.63, 3.8) is 0 Å². The van der Waals surface area contributed by atoms with Gasteiger partial charge in [-0.1, -0.05) is 42.5 Å². The number of nitrogens with two attached hydrogens (primary N) is 1. The summed E-state index contributed by atoms with van der Waals surface area (Å²) >= 11 is 0. The average Bonchev–Trinajstić information content (AvgIpc) is 2.42. The molecule has 0 atom stereocenters. The SMILES string of the molecule is NC(=O)C=Cc1cccc2cc3ccccc3cc12. The first-order valence-corrected chi connectivity index (χ1v) is 6.13. The summed E-state index contributed by atoms with van der Waals surface area (Å²) in [5.74, 6) is -0.433. The molecule has 0 aromatic heterocycles. The molecule has 2 nitrogen and oxygen atoms in total. The normalized spacial score (nSPS) is 11.4. The van der Waals surface area contributed by atoms with E-state index in [1.807, 2.05) is 24.3 Å². The predicted molar refractivity (Wildman–Crippen MR) is 79.7 cm³/mol. The lowest BCUT2D eigenvalue weighted by Gasteiger charge is -2.05. The molecule has 0 saturated carbocycles. The maximum Gasteiger partial charge on any atom is 0.241 e. The van der Waals surface area contributed by atoms with Crippen LogP contribution in [0.4, 0.5) is 0 Å². The van der Waals surface area contributed by atoms with Crippen LogP contribution in [-0.4, -0.2) is 5.91 Å². The third-order valence-electron chi connectivity index (χ3n) is 3.21. The van der Waals surface area contributed by atoms with Crippen LogP contribution in [0.2, 0.25) is 0 Å². The van der Waals surface area contributed by atoms with E-state index in [2.05, 4.69) is 30.3 Å². The maximum absolute atomic E-state index is 10.9. The second-order valence-electron chi connectivity index (χ2n) is 4.50. The zero-order valence-corrected chi connectivity index (χ0v) is 10.3. The summed E-state index contributed by atoms with van der Waals surface area (Å²) in [4.78, 5) is 10.9. The van der Waals surface area contributed by atoms with Gasteiger partial charge in [-0.2, -0.15) is 0 Å². The van der Waals surface area contributed by atoms with Gasteiger partial charge in [0.05, 0.1) is 0 Å². The van der Waals surface area contributed by atoms with Gasteiger partial charge in [-0.15, -0.1) is 0 Å². The van der Waals surface area contributed by atoms with Crippen LogP contribution in [0.15, 0.2) is 60.7 Å². The fourth-order valence-corrected chi connectivity index (χ4v) is 2.31. The van der Waals surface area contributed by atoms with Crippen LogP contribution in [0, 0.1) is 0 Å². The molecule has 1 amide bonds. The van der Waals surface area contributed by atoms with Crippen molar-refractivity contribution in [2.75, 3.05) is 0 Å². The second-order valence-corrected chi connectivity index (χ2v) is 4.50. The summed E-state index contributed by atoms with van der Waals surface area (Å²) in [6.07, 6.45) is 3.16. The van der Waals surface area contributed by atoms with Crippen LogP contribution >= 0.6 is 0 Å². The molecule has 92 valence electrons. The predicted octanol–water partition coefficient (Wildman–Crippen LogP) is 3.49. The van der Waals surface area contributed by atoms with E-state index < -0.39 is 5.91 Å². The van der Waals surface area contributed by atoms with Crippen LogP contribution in [0.3, 0.4) is 0 Å². The summed E-state index contributed by atoms with van der Waals surface area (Å²) in [5.41, 5.74) is 6.15. The molecular formula is C17H13NO. The molecule has 2 heteroatoms. The van der Waals surface area contributed by atoms with Crippen molar-refractivity contribution in [1.29, 1.82) is 0 Å². The number of amides is 1. The van der Waals surface area contributed by atoms with Crippen LogP contribution in [0.5, 0.6) is 0 Å². The van der Waals surface area contributed by atoms with Gasteiger partial charge in [0, 0.05) is 6.08 Å². The highest BCUT2D eigenvalue weighted by Gasteiger charge is 2.01. The lowest BCUT2D eigenvalue weighted by molar-refractivity contribution is -0.113.